The molecule has 4 N–H and O–H groups in total. The van der Waals surface area contributed by atoms with Crippen molar-refractivity contribution in [3.05, 3.63) is 34.5 Å². The van der Waals surface area contributed by atoms with Gasteiger partial charge < -0.3 is 43.9 Å². The molecule has 198 valence electrons. The first-order chi connectivity index (χ1) is 17.4. The van der Waals surface area contributed by atoms with E-state index >= 15 is 0 Å². The quantitative estimate of drug-likeness (QED) is 0.242. The summed E-state index contributed by atoms with van der Waals surface area (Å²) in [5, 5.41) is 18.7. The molecule has 37 heavy (non-hydrogen) atoms. The molecule has 3 aromatic rings. The van der Waals surface area contributed by atoms with Crippen LogP contribution in [-0.4, -0.2) is 72.9 Å². The molecule has 1 aliphatic rings. The molecule has 4 rings (SSSR count). The van der Waals surface area contributed by atoms with Crippen molar-refractivity contribution in [2.75, 3.05) is 19.9 Å². The monoisotopic (exact) mass is 524 g/mol. The Hall–Kier alpha value is -4.69. The molecule has 1 aliphatic heterocycles. The molecule has 0 spiro atoms. The predicted octanol–water partition coefficient (Wildman–Crippen LogP) is 0.591. The minimum atomic E-state index is -2.05. The molecular weight excluding hydrogens is 503 g/mol. The number of rotatable bonds is 4. The predicted molar refractivity (Wildman–Crippen MR) is 117 cm³/mol. The zero-order valence-corrected chi connectivity index (χ0v) is 19.6. The van der Waals surface area contributed by atoms with Gasteiger partial charge in [0.2, 0.25) is 0 Å². The number of aliphatic hydroxyl groups excluding tert-OH is 1. The van der Waals surface area contributed by atoms with Gasteiger partial charge in [-0.15, -0.1) is 6.42 Å². The van der Waals surface area contributed by atoms with E-state index < -0.39 is 42.3 Å². The van der Waals surface area contributed by atoms with Crippen LogP contribution in [0.2, 0.25) is 0 Å². The average Bonchev–Trinajstić information content (AvgIpc) is 3.49. The van der Waals surface area contributed by atoms with Crippen molar-refractivity contribution in [2.45, 2.75) is 38.0 Å². The molecule has 3 atom stereocenters. The molecule has 0 aliphatic carbocycles. The third kappa shape index (κ3) is 5.60. The fourth-order valence-electron chi connectivity index (χ4n) is 3.19. The number of carbonyl (C=O) groups is 2. The van der Waals surface area contributed by atoms with Gasteiger partial charge in [-0.2, -0.15) is 14.4 Å². The van der Waals surface area contributed by atoms with Crippen molar-refractivity contribution in [2.24, 2.45) is 0 Å². The maximum atomic E-state index is 13.4. The van der Waals surface area contributed by atoms with E-state index in [9.17, 15) is 23.9 Å². The summed E-state index contributed by atoms with van der Waals surface area (Å²) in [6.45, 7) is 1.54. The van der Waals surface area contributed by atoms with Crippen LogP contribution >= 0.6 is 0 Å². The number of amides is 1. The molecule has 1 saturated heterocycles. The van der Waals surface area contributed by atoms with E-state index in [0.717, 1.165) is 12.0 Å². The number of carboxylic acid groups (broad SMARTS) is 1. The van der Waals surface area contributed by atoms with E-state index in [-0.39, 0.29) is 35.7 Å². The Balaban J connectivity index is 0.000000248. The van der Waals surface area contributed by atoms with Crippen molar-refractivity contribution in [1.29, 1.82) is 0 Å². The number of aliphatic hydroxyl groups is 1. The molecule has 16 nitrogen and oxygen atoms in total. The van der Waals surface area contributed by atoms with Crippen LogP contribution in [-0.2, 0) is 20.8 Å². The van der Waals surface area contributed by atoms with Gasteiger partial charge in [-0.25, -0.2) is 19.4 Å². The van der Waals surface area contributed by atoms with Crippen LogP contribution in [0.25, 0.3) is 11.2 Å². The summed E-state index contributed by atoms with van der Waals surface area (Å²) in [6.07, 6.45) is 0.994. The molecule has 0 unspecified atom stereocenters. The molecule has 0 radical (unpaired) electrons. The molecule has 1 amide bonds. The summed E-state index contributed by atoms with van der Waals surface area (Å²) < 4.78 is 38.6. The molecule has 4 heterocycles. The minimum Gasteiger partial charge on any atom is -0.465 e. The van der Waals surface area contributed by atoms with Gasteiger partial charge in [0, 0.05) is 13.5 Å². The van der Waals surface area contributed by atoms with Crippen LogP contribution in [0.4, 0.5) is 19.8 Å². The number of nitrogens with zero attached hydrogens (tertiary/aromatic N) is 5. The van der Waals surface area contributed by atoms with Crippen molar-refractivity contribution < 1.29 is 47.2 Å². The van der Waals surface area contributed by atoms with Crippen LogP contribution < -0.4 is 11.6 Å². The first-order valence-corrected chi connectivity index (χ1v) is 10.2. The van der Waals surface area contributed by atoms with Gasteiger partial charge >= 0.3 is 29.9 Å². The number of hydrogen-bond acceptors (Lipinski definition) is 13. The third-order valence-electron chi connectivity index (χ3n) is 5.05. The Morgan fingerprint density at radius 1 is 1.43 bits per heavy atom. The molecular formula is C20H21FN6O10. The summed E-state index contributed by atoms with van der Waals surface area (Å²) in [5.74, 6) is -0.383. The van der Waals surface area contributed by atoms with E-state index in [1.807, 2.05) is 0 Å². The van der Waals surface area contributed by atoms with Crippen molar-refractivity contribution in [3.8, 4) is 12.3 Å². The number of imidazole rings is 1. The van der Waals surface area contributed by atoms with Gasteiger partial charge in [-0.1, -0.05) is 0 Å². The number of carbonyl (C=O) groups excluding carboxylic acids is 1. The lowest BCUT2D eigenvalue weighted by Gasteiger charge is -2.25. The Labute approximate surface area is 206 Å². The van der Waals surface area contributed by atoms with Crippen LogP contribution in [0, 0.1) is 25.3 Å². The Kier molecular flexibility index (Phi) is 7.64. The first kappa shape index (κ1) is 26.9. The Morgan fingerprint density at radius 2 is 2.14 bits per heavy atom. The number of aryl methyl sites for hydroxylation is 1. The summed E-state index contributed by atoms with van der Waals surface area (Å²) in [7, 11) is 2.45. The standard InChI is InChI=1S/C13H12FN5O5.C7H9NO5/c1-3-13(24-12(21)22-2)6(20)4-7(23-13)19-5-16-8-9(15)17-11(14)18-10(8)19;1-4-5(13-7(11)12-4)3-8(2)6(9)10/h1,5-7,20H,4H2,2H3,(H2,15,17,18);3H2,1-2H3,(H,9,10)/t6-,7+,13+;/m0./s1. The highest BCUT2D eigenvalue weighted by Gasteiger charge is 2.52. The van der Waals surface area contributed by atoms with Gasteiger partial charge in [0.1, 0.15) is 18.1 Å². The summed E-state index contributed by atoms with van der Waals surface area (Å²) in [4.78, 5) is 44.2. The van der Waals surface area contributed by atoms with Gasteiger partial charge in [-0.05, 0) is 12.8 Å². The second-order valence-electron chi connectivity index (χ2n) is 7.47. The first-order valence-electron chi connectivity index (χ1n) is 10.2. The number of hydrogen-bond donors (Lipinski definition) is 3. The van der Waals surface area contributed by atoms with Crippen molar-refractivity contribution in [3.63, 3.8) is 0 Å². The molecule has 0 saturated carbocycles. The second kappa shape index (κ2) is 10.5. The number of methoxy groups -OCH3 is 1. The number of anilines is 1. The summed E-state index contributed by atoms with van der Waals surface area (Å²) in [6, 6.07) is 0. The zero-order valence-electron chi connectivity index (χ0n) is 19.6. The number of ether oxygens (including phenoxy) is 3. The van der Waals surface area contributed by atoms with Gasteiger partial charge in [0.15, 0.2) is 22.7 Å². The van der Waals surface area contributed by atoms with E-state index in [2.05, 4.69) is 34.4 Å². The average molecular weight is 524 g/mol. The number of terminal acetylenes is 1. The maximum absolute atomic E-state index is 13.4. The lowest BCUT2D eigenvalue weighted by Crippen LogP contribution is -2.42. The minimum absolute atomic E-state index is 0.00685. The molecule has 17 heteroatoms. The highest BCUT2D eigenvalue weighted by atomic mass is 19.1. The third-order valence-corrected chi connectivity index (χ3v) is 5.05. The number of aromatic nitrogens is 4. The number of halogens is 1. The summed E-state index contributed by atoms with van der Waals surface area (Å²) >= 11 is 0. The normalized spacial score (nSPS) is 20.5. The molecule has 1 fully saturated rings. The largest absolute Gasteiger partial charge is 0.519 e. The van der Waals surface area contributed by atoms with Crippen molar-refractivity contribution in [1.82, 2.24) is 24.4 Å². The lowest BCUT2D eigenvalue weighted by atomic mass is 10.1. The smallest absolute Gasteiger partial charge is 0.465 e. The van der Waals surface area contributed by atoms with Crippen LogP contribution in [0.5, 0.6) is 0 Å². The summed E-state index contributed by atoms with van der Waals surface area (Å²) in [5.41, 5.74) is 5.78. The Morgan fingerprint density at radius 3 is 2.70 bits per heavy atom. The van der Waals surface area contributed by atoms with Crippen molar-refractivity contribution >= 4 is 29.2 Å². The van der Waals surface area contributed by atoms with Crippen LogP contribution in [0.1, 0.15) is 24.2 Å². The number of nitrogen functional groups attached to an aromatic ring is 1. The number of fused-ring (bicyclic) bond motifs is 1. The van der Waals surface area contributed by atoms with Gasteiger partial charge in [0.25, 0.3) is 0 Å². The Bertz CT molecular complexity index is 1410. The fraction of sp³-hybridized carbons (Fsp3) is 0.400. The van der Waals surface area contributed by atoms with Gasteiger partial charge in [-0.3, -0.25) is 4.57 Å². The fourth-order valence-corrected chi connectivity index (χ4v) is 3.19. The molecule has 0 aromatic carbocycles. The topological polar surface area (TPSA) is 218 Å². The highest BCUT2D eigenvalue weighted by Crippen LogP contribution is 2.39. The highest BCUT2D eigenvalue weighted by molar-refractivity contribution is 5.81. The maximum Gasteiger partial charge on any atom is 0.519 e. The zero-order chi connectivity index (χ0) is 27.5. The van der Waals surface area contributed by atoms with Gasteiger partial charge in [0.05, 0.1) is 20.0 Å². The van der Waals surface area contributed by atoms with Crippen LogP contribution in [0.3, 0.4) is 0 Å². The van der Waals surface area contributed by atoms with E-state index in [1.165, 1.54) is 24.9 Å². The number of nitrogens with two attached hydrogens (primary N) is 1. The molecule has 0 bridgehead atoms. The van der Waals surface area contributed by atoms with E-state index in [4.69, 9.17) is 26.7 Å². The molecule has 3 aromatic heterocycles. The van der Waals surface area contributed by atoms with Crippen LogP contribution in [0.15, 0.2) is 20.0 Å². The second-order valence-corrected chi connectivity index (χ2v) is 7.47. The lowest BCUT2D eigenvalue weighted by molar-refractivity contribution is -0.204. The van der Waals surface area contributed by atoms with E-state index in [1.54, 1.807) is 0 Å². The van der Waals surface area contributed by atoms with E-state index in [0.29, 0.717) is 5.76 Å². The SMILES string of the molecule is C#C[C@]1(OC(=O)OC)O[C@@H](n2cnc3c(N)nc(F)nc32)C[C@@H]1O.Cc1oc(=O)oc1CN(C)C(=O)O.